The topological polar surface area (TPSA) is 118 Å². The van der Waals surface area contributed by atoms with Gasteiger partial charge in [0.1, 0.15) is 11.7 Å². The number of ether oxygens (including phenoxy) is 1. The summed E-state index contributed by atoms with van der Waals surface area (Å²) in [6, 6.07) is 1.55. The van der Waals surface area contributed by atoms with Gasteiger partial charge >= 0.3 is 6.09 Å². The molecule has 2 unspecified atom stereocenters. The van der Waals surface area contributed by atoms with Gasteiger partial charge in [0.2, 0.25) is 0 Å². The molecule has 0 radical (unpaired) electrons. The van der Waals surface area contributed by atoms with E-state index >= 15 is 0 Å². The number of carbonyl (C=O) groups is 1. The average Bonchev–Trinajstić information content (AvgIpc) is 2.36. The van der Waals surface area contributed by atoms with Gasteiger partial charge in [-0.05, 0) is 33.3 Å². The summed E-state index contributed by atoms with van der Waals surface area (Å²) in [5.41, 5.74) is 5.85. The Morgan fingerprint density at radius 1 is 1.48 bits per heavy atom. The number of nitrogens with zero attached hydrogens (tertiary/aromatic N) is 1. The number of pyridine rings is 1. The van der Waals surface area contributed by atoms with Crippen molar-refractivity contribution in [3.8, 4) is 0 Å². The molecule has 1 heterocycles. The molecule has 2 atom stereocenters. The first-order chi connectivity index (χ1) is 9.70. The molecule has 0 spiro atoms. The Labute approximate surface area is 124 Å². The summed E-state index contributed by atoms with van der Waals surface area (Å²) >= 11 is 0. The number of nitrogens with two attached hydrogens (primary N) is 1. The summed E-state index contributed by atoms with van der Waals surface area (Å²) in [4.78, 5) is 15.3. The van der Waals surface area contributed by atoms with E-state index in [0.29, 0.717) is 11.3 Å². The van der Waals surface area contributed by atoms with Crippen LogP contribution in [0.4, 0.5) is 10.5 Å². The molecule has 0 aliphatic carbocycles. The lowest BCUT2D eigenvalue weighted by molar-refractivity contribution is 0.0125. The highest BCUT2D eigenvalue weighted by molar-refractivity contribution is 5.67. The monoisotopic (exact) mass is 297 g/mol. The number of aliphatic hydroxyl groups is 2. The number of hydrogen-bond acceptors (Lipinski definition) is 6. The Bertz CT molecular complexity index is 474. The van der Waals surface area contributed by atoms with Gasteiger partial charge in [-0.1, -0.05) is 0 Å². The second-order valence-corrected chi connectivity index (χ2v) is 5.73. The second-order valence-electron chi connectivity index (χ2n) is 5.73. The van der Waals surface area contributed by atoms with Crippen LogP contribution in [0.1, 0.15) is 38.9 Å². The van der Waals surface area contributed by atoms with Crippen LogP contribution in [0.25, 0.3) is 0 Å². The molecule has 0 aliphatic heterocycles. The summed E-state index contributed by atoms with van der Waals surface area (Å²) in [6.07, 6.45) is 0.289. The van der Waals surface area contributed by atoms with E-state index in [4.69, 9.17) is 10.5 Å². The Hall–Kier alpha value is -1.86. The molecule has 1 rings (SSSR count). The summed E-state index contributed by atoms with van der Waals surface area (Å²) in [6.45, 7) is 5.45. The third-order valence-corrected chi connectivity index (χ3v) is 2.68. The van der Waals surface area contributed by atoms with Crippen molar-refractivity contribution < 1.29 is 19.7 Å². The van der Waals surface area contributed by atoms with Gasteiger partial charge in [0.05, 0.1) is 6.10 Å². The van der Waals surface area contributed by atoms with Crippen molar-refractivity contribution in [2.75, 3.05) is 12.3 Å². The summed E-state index contributed by atoms with van der Waals surface area (Å²) in [5, 5.41) is 22.4. The summed E-state index contributed by atoms with van der Waals surface area (Å²) in [7, 11) is 0. The van der Waals surface area contributed by atoms with Crippen molar-refractivity contribution in [2.45, 2.75) is 45.0 Å². The number of hydrogen-bond donors (Lipinski definition) is 4. The molecule has 1 aromatic rings. The number of aliphatic hydroxyl groups excluding tert-OH is 2. The number of nitrogens with one attached hydrogen (secondary N) is 1. The van der Waals surface area contributed by atoms with Gasteiger partial charge in [-0.2, -0.15) is 0 Å². The number of amides is 1. The first-order valence-corrected chi connectivity index (χ1v) is 6.73. The van der Waals surface area contributed by atoms with Crippen LogP contribution < -0.4 is 11.1 Å². The van der Waals surface area contributed by atoms with E-state index in [0.717, 1.165) is 0 Å². The molecular formula is C14H23N3O4. The maximum Gasteiger partial charge on any atom is 0.407 e. The van der Waals surface area contributed by atoms with Crippen molar-refractivity contribution in [2.24, 2.45) is 0 Å². The molecule has 21 heavy (non-hydrogen) atoms. The van der Waals surface area contributed by atoms with Crippen LogP contribution in [0.2, 0.25) is 0 Å². The number of carbonyl (C=O) groups excluding carboxylic acids is 1. The first kappa shape index (κ1) is 17.2. The molecule has 0 bridgehead atoms. The van der Waals surface area contributed by atoms with Crippen LogP contribution in [0.15, 0.2) is 18.5 Å². The van der Waals surface area contributed by atoms with E-state index < -0.39 is 23.9 Å². The summed E-state index contributed by atoms with van der Waals surface area (Å²) < 4.78 is 5.06. The van der Waals surface area contributed by atoms with Crippen LogP contribution in [0.3, 0.4) is 0 Å². The van der Waals surface area contributed by atoms with Crippen LogP contribution in [0.5, 0.6) is 0 Å². The van der Waals surface area contributed by atoms with Crippen LogP contribution in [0, 0.1) is 0 Å². The zero-order valence-electron chi connectivity index (χ0n) is 12.5. The molecule has 7 heteroatoms. The Kier molecular flexibility index (Phi) is 5.92. The Morgan fingerprint density at radius 2 is 2.14 bits per heavy atom. The van der Waals surface area contributed by atoms with Gasteiger partial charge in [-0.3, -0.25) is 4.98 Å². The molecule has 7 nitrogen and oxygen atoms in total. The fraction of sp³-hybridized carbons (Fsp3) is 0.571. The van der Waals surface area contributed by atoms with Crippen molar-refractivity contribution in [1.29, 1.82) is 0 Å². The third kappa shape index (κ3) is 5.97. The molecule has 0 fully saturated rings. The van der Waals surface area contributed by atoms with Gasteiger partial charge in [-0.25, -0.2) is 4.79 Å². The first-order valence-electron chi connectivity index (χ1n) is 6.73. The predicted octanol–water partition coefficient (Wildman–Crippen LogP) is 0.973. The normalized spacial score (nSPS) is 14.3. The van der Waals surface area contributed by atoms with Crippen molar-refractivity contribution >= 4 is 11.8 Å². The van der Waals surface area contributed by atoms with E-state index in [-0.39, 0.29) is 13.0 Å². The number of anilines is 1. The fourth-order valence-corrected chi connectivity index (χ4v) is 1.67. The Morgan fingerprint density at radius 3 is 2.71 bits per heavy atom. The maximum atomic E-state index is 11.4. The molecule has 0 aliphatic rings. The minimum absolute atomic E-state index is 0.161. The van der Waals surface area contributed by atoms with Crippen LogP contribution in [-0.4, -0.2) is 39.5 Å². The van der Waals surface area contributed by atoms with Crippen LogP contribution >= 0.6 is 0 Å². The van der Waals surface area contributed by atoms with Crippen LogP contribution in [-0.2, 0) is 4.74 Å². The lowest BCUT2D eigenvalue weighted by Crippen LogP contribution is -2.34. The van der Waals surface area contributed by atoms with E-state index in [2.05, 4.69) is 10.3 Å². The fourth-order valence-electron chi connectivity index (χ4n) is 1.67. The van der Waals surface area contributed by atoms with E-state index in [1.54, 1.807) is 26.8 Å². The molecule has 5 N–H and O–H groups in total. The largest absolute Gasteiger partial charge is 0.444 e. The number of rotatable bonds is 5. The summed E-state index contributed by atoms with van der Waals surface area (Å²) in [5.74, 6) is 0. The lowest BCUT2D eigenvalue weighted by Gasteiger charge is -2.21. The molecular weight excluding hydrogens is 274 g/mol. The van der Waals surface area contributed by atoms with E-state index in [9.17, 15) is 15.0 Å². The van der Waals surface area contributed by atoms with Gasteiger partial charge in [0.25, 0.3) is 0 Å². The standard InChI is InChI=1S/C14H23N3O4/c1-14(2,3)21-13(20)17-7-5-11(18)12(19)9-8-16-6-4-10(9)15/h4,6,8,11-12,18-19H,5,7H2,1-3H3,(H2,15,16)(H,17,20). The minimum atomic E-state index is -1.15. The highest BCUT2D eigenvalue weighted by Gasteiger charge is 2.21. The average molecular weight is 297 g/mol. The second kappa shape index (κ2) is 7.24. The quantitative estimate of drug-likeness (QED) is 0.643. The smallest absolute Gasteiger partial charge is 0.407 e. The lowest BCUT2D eigenvalue weighted by atomic mass is 10.0. The van der Waals surface area contributed by atoms with Gasteiger partial charge in [-0.15, -0.1) is 0 Å². The van der Waals surface area contributed by atoms with Crippen molar-refractivity contribution in [3.05, 3.63) is 24.0 Å². The highest BCUT2D eigenvalue weighted by atomic mass is 16.6. The van der Waals surface area contributed by atoms with E-state index in [1.807, 2.05) is 0 Å². The Balaban J connectivity index is 2.42. The molecule has 0 aromatic carbocycles. The maximum absolute atomic E-state index is 11.4. The molecule has 118 valence electrons. The molecule has 1 aromatic heterocycles. The molecule has 0 saturated carbocycles. The minimum Gasteiger partial charge on any atom is -0.444 e. The number of aromatic nitrogens is 1. The van der Waals surface area contributed by atoms with Gasteiger partial charge < -0.3 is 26.0 Å². The molecule has 0 saturated heterocycles. The number of alkyl carbamates (subject to hydrolysis) is 1. The highest BCUT2D eigenvalue weighted by Crippen LogP contribution is 2.23. The van der Waals surface area contributed by atoms with E-state index in [1.165, 1.54) is 12.4 Å². The predicted molar refractivity (Wildman–Crippen MR) is 78.5 cm³/mol. The third-order valence-electron chi connectivity index (χ3n) is 2.68. The number of nitrogen functional groups attached to an aromatic ring is 1. The van der Waals surface area contributed by atoms with Crippen molar-refractivity contribution in [1.82, 2.24) is 10.3 Å². The molecule has 1 amide bonds. The SMILES string of the molecule is CC(C)(C)OC(=O)NCCC(O)C(O)c1cnccc1N. The zero-order valence-corrected chi connectivity index (χ0v) is 12.5. The van der Waals surface area contributed by atoms with Gasteiger partial charge in [0, 0.05) is 30.2 Å². The zero-order chi connectivity index (χ0) is 16.0. The van der Waals surface area contributed by atoms with Gasteiger partial charge in [0.15, 0.2) is 0 Å². The van der Waals surface area contributed by atoms with Crippen molar-refractivity contribution in [3.63, 3.8) is 0 Å².